The Morgan fingerprint density at radius 3 is 2.26 bits per heavy atom. The van der Waals surface area contributed by atoms with Crippen LogP contribution in [0.4, 0.5) is 32.4 Å². The van der Waals surface area contributed by atoms with Crippen LogP contribution in [0.5, 0.6) is 5.75 Å². The Labute approximate surface area is 104 Å². The molecule has 0 aliphatic rings. The lowest BCUT2D eigenvalue weighted by Crippen LogP contribution is -2.42. The molecule has 0 fully saturated rings. The molecule has 0 aliphatic carbocycles. The number of benzene rings is 1. The predicted molar refractivity (Wildman–Crippen MR) is 54.1 cm³/mol. The average Bonchev–Trinajstić information content (AvgIpc) is 2.29. The van der Waals surface area contributed by atoms with Gasteiger partial charge in [0.2, 0.25) is 0 Å². The van der Waals surface area contributed by atoms with Crippen molar-refractivity contribution in [2.75, 3.05) is 12.4 Å². The van der Waals surface area contributed by atoms with Crippen molar-refractivity contribution >= 4 is 11.8 Å². The Morgan fingerprint density at radius 1 is 1.16 bits per heavy atom. The van der Waals surface area contributed by atoms with Crippen LogP contribution >= 0.6 is 0 Å². The predicted octanol–water partition coefficient (Wildman–Crippen LogP) is 3.40. The first-order valence-electron chi connectivity index (χ1n) is 4.75. The van der Waals surface area contributed by atoms with Crippen LogP contribution in [-0.2, 0) is 4.74 Å². The lowest BCUT2D eigenvalue weighted by molar-refractivity contribution is -0.360. The highest BCUT2D eigenvalue weighted by molar-refractivity contribution is 5.86. The van der Waals surface area contributed by atoms with Crippen LogP contribution in [0, 0.1) is 0 Å². The van der Waals surface area contributed by atoms with Crippen LogP contribution in [0.15, 0.2) is 24.3 Å². The number of carbonyl (C=O) groups excluding carboxylic acids is 1. The Hall–Kier alpha value is -2.06. The SMILES string of the molecule is COC(=O)Nc1ccccc1OC(F)(F)C(F)(F)F. The molecule has 9 heteroatoms. The molecule has 19 heavy (non-hydrogen) atoms. The number of ether oxygens (including phenoxy) is 2. The second-order valence-corrected chi connectivity index (χ2v) is 3.23. The van der Waals surface area contributed by atoms with Crippen molar-refractivity contribution in [3.05, 3.63) is 24.3 Å². The number of hydrogen-bond donors (Lipinski definition) is 1. The number of halogens is 5. The third kappa shape index (κ3) is 3.70. The van der Waals surface area contributed by atoms with Crippen LogP contribution < -0.4 is 10.1 Å². The Balaban J connectivity index is 2.99. The third-order valence-electron chi connectivity index (χ3n) is 1.88. The molecular weight excluding hydrogens is 277 g/mol. The zero-order chi connectivity index (χ0) is 14.7. The number of amides is 1. The topological polar surface area (TPSA) is 47.6 Å². The smallest absolute Gasteiger partial charge is 0.453 e. The van der Waals surface area contributed by atoms with Gasteiger partial charge in [-0.3, -0.25) is 5.32 Å². The molecule has 0 heterocycles. The summed E-state index contributed by atoms with van der Waals surface area (Å²) in [6.45, 7) is 0. The summed E-state index contributed by atoms with van der Waals surface area (Å²) in [5.41, 5.74) is -0.377. The van der Waals surface area contributed by atoms with E-state index in [1.165, 1.54) is 12.1 Å². The highest BCUT2D eigenvalue weighted by Gasteiger charge is 2.61. The summed E-state index contributed by atoms with van der Waals surface area (Å²) in [7, 11) is 1.00. The largest absolute Gasteiger partial charge is 0.499 e. The maximum Gasteiger partial charge on any atom is 0.499 e. The van der Waals surface area contributed by atoms with Gasteiger partial charge in [0.25, 0.3) is 0 Å². The van der Waals surface area contributed by atoms with Crippen molar-refractivity contribution in [1.29, 1.82) is 0 Å². The van der Waals surface area contributed by atoms with Crippen molar-refractivity contribution < 1.29 is 36.2 Å². The number of rotatable bonds is 3. The second kappa shape index (κ2) is 5.29. The van der Waals surface area contributed by atoms with E-state index in [4.69, 9.17) is 0 Å². The molecular formula is C10H8F5NO3. The zero-order valence-corrected chi connectivity index (χ0v) is 9.42. The minimum atomic E-state index is -5.87. The molecule has 1 rings (SSSR count). The summed E-state index contributed by atoms with van der Waals surface area (Å²) in [5.74, 6) is -0.838. The van der Waals surface area contributed by atoms with E-state index in [1.807, 2.05) is 5.32 Å². The van der Waals surface area contributed by atoms with Crippen molar-refractivity contribution in [2.24, 2.45) is 0 Å². The molecule has 1 N–H and O–H groups in total. The molecule has 0 atom stereocenters. The maximum absolute atomic E-state index is 12.7. The van der Waals surface area contributed by atoms with Crippen LogP contribution in [0.1, 0.15) is 0 Å². The van der Waals surface area contributed by atoms with Crippen LogP contribution in [0.2, 0.25) is 0 Å². The first-order chi connectivity index (χ1) is 8.67. The number of nitrogens with one attached hydrogen (secondary N) is 1. The fraction of sp³-hybridized carbons (Fsp3) is 0.300. The normalized spacial score (nSPS) is 11.9. The van der Waals surface area contributed by atoms with Gasteiger partial charge in [0.05, 0.1) is 12.8 Å². The number of carbonyl (C=O) groups is 1. The molecule has 1 amide bonds. The van der Waals surface area contributed by atoms with Crippen molar-refractivity contribution in [1.82, 2.24) is 0 Å². The quantitative estimate of drug-likeness (QED) is 0.866. The number of methoxy groups -OCH3 is 1. The fourth-order valence-corrected chi connectivity index (χ4v) is 1.02. The molecule has 0 saturated heterocycles. The van der Waals surface area contributed by atoms with E-state index < -0.39 is 24.1 Å². The summed E-state index contributed by atoms with van der Waals surface area (Å²) < 4.78 is 69.2. The van der Waals surface area contributed by atoms with E-state index in [0.717, 1.165) is 19.2 Å². The van der Waals surface area contributed by atoms with Crippen molar-refractivity contribution in [3.63, 3.8) is 0 Å². The van der Waals surface area contributed by atoms with E-state index in [1.54, 1.807) is 0 Å². The summed E-state index contributed by atoms with van der Waals surface area (Å²) in [6.07, 6.45) is -12.3. The van der Waals surface area contributed by atoms with Gasteiger partial charge in [-0.15, -0.1) is 0 Å². The summed E-state index contributed by atoms with van der Waals surface area (Å²) in [4.78, 5) is 10.9. The van der Waals surface area contributed by atoms with Gasteiger partial charge in [-0.25, -0.2) is 4.79 Å². The number of anilines is 1. The highest BCUT2D eigenvalue weighted by Crippen LogP contribution is 2.39. The van der Waals surface area contributed by atoms with Crippen LogP contribution in [0.3, 0.4) is 0 Å². The van der Waals surface area contributed by atoms with Crippen molar-refractivity contribution in [2.45, 2.75) is 12.3 Å². The molecule has 0 bridgehead atoms. The summed E-state index contributed by atoms with van der Waals surface area (Å²) in [6, 6.07) is 4.41. The standard InChI is InChI=1S/C10H8F5NO3/c1-18-8(17)16-6-4-2-3-5-7(6)19-10(14,15)9(11,12)13/h2-5H,1H3,(H,16,17). The van der Waals surface area contributed by atoms with E-state index in [-0.39, 0.29) is 5.69 Å². The van der Waals surface area contributed by atoms with Gasteiger partial charge in [0.1, 0.15) is 5.75 Å². The maximum atomic E-state index is 12.7. The second-order valence-electron chi connectivity index (χ2n) is 3.23. The first kappa shape index (κ1) is 15.0. The van der Waals surface area contributed by atoms with E-state index in [0.29, 0.717) is 0 Å². The molecule has 0 aromatic heterocycles. The number of para-hydroxylation sites is 2. The molecule has 0 spiro atoms. The first-order valence-corrected chi connectivity index (χ1v) is 4.75. The summed E-state index contributed by atoms with van der Waals surface area (Å²) in [5, 5.41) is 1.95. The van der Waals surface area contributed by atoms with Gasteiger partial charge in [-0.2, -0.15) is 22.0 Å². The molecule has 1 aromatic carbocycles. The molecule has 106 valence electrons. The van der Waals surface area contributed by atoms with Crippen molar-refractivity contribution in [3.8, 4) is 5.75 Å². The van der Waals surface area contributed by atoms with Gasteiger partial charge in [-0.1, -0.05) is 12.1 Å². The third-order valence-corrected chi connectivity index (χ3v) is 1.88. The summed E-state index contributed by atoms with van der Waals surface area (Å²) >= 11 is 0. The highest BCUT2D eigenvalue weighted by atomic mass is 19.4. The van der Waals surface area contributed by atoms with E-state index in [9.17, 15) is 26.7 Å². The molecule has 0 radical (unpaired) electrons. The Morgan fingerprint density at radius 2 is 1.74 bits per heavy atom. The fourth-order valence-electron chi connectivity index (χ4n) is 1.02. The zero-order valence-electron chi connectivity index (χ0n) is 9.42. The van der Waals surface area contributed by atoms with Gasteiger partial charge in [-0.05, 0) is 12.1 Å². The minimum Gasteiger partial charge on any atom is -0.453 e. The molecule has 1 aromatic rings. The molecule has 0 unspecified atom stereocenters. The monoisotopic (exact) mass is 285 g/mol. The lowest BCUT2D eigenvalue weighted by Gasteiger charge is -2.21. The van der Waals surface area contributed by atoms with Gasteiger partial charge >= 0.3 is 18.4 Å². The average molecular weight is 285 g/mol. The van der Waals surface area contributed by atoms with Crippen LogP contribution in [-0.4, -0.2) is 25.5 Å². The van der Waals surface area contributed by atoms with Crippen LogP contribution in [0.25, 0.3) is 0 Å². The van der Waals surface area contributed by atoms with E-state index >= 15 is 0 Å². The van der Waals surface area contributed by atoms with E-state index in [2.05, 4.69) is 9.47 Å². The number of alkyl halides is 5. The number of hydrogen-bond acceptors (Lipinski definition) is 3. The molecule has 0 aliphatic heterocycles. The van der Waals surface area contributed by atoms with Gasteiger partial charge < -0.3 is 9.47 Å². The molecule has 4 nitrogen and oxygen atoms in total. The Bertz CT molecular complexity index is 461. The Kier molecular flexibility index (Phi) is 4.17. The lowest BCUT2D eigenvalue weighted by atomic mass is 10.3. The minimum absolute atomic E-state index is 0.377. The van der Waals surface area contributed by atoms with Gasteiger partial charge in [0.15, 0.2) is 0 Å². The molecule has 0 saturated carbocycles. The van der Waals surface area contributed by atoms with Gasteiger partial charge in [0, 0.05) is 0 Å².